The van der Waals surface area contributed by atoms with Gasteiger partial charge in [-0.2, -0.15) is 0 Å². The van der Waals surface area contributed by atoms with Crippen LogP contribution in [0.4, 0.5) is 9.18 Å². The highest BCUT2D eigenvalue weighted by molar-refractivity contribution is 7.12. The highest BCUT2D eigenvalue weighted by Crippen LogP contribution is 2.28. The van der Waals surface area contributed by atoms with E-state index in [2.05, 4.69) is 15.0 Å². The molecule has 9 nitrogen and oxygen atoms in total. The zero-order chi connectivity index (χ0) is 22.9. The molecule has 0 aliphatic rings. The number of fused-ring (bicyclic) bond motifs is 1. The van der Waals surface area contributed by atoms with Crippen LogP contribution in [0.15, 0.2) is 34.9 Å². The molecule has 0 saturated carbocycles. The van der Waals surface area contributed by atoms with Gasteiger partial charge >= 0.3 is 12.1 Å². The molecule has 0 aliphatic heterocycles. The van der Waals surface area contributed by atoms with Crippen LogP contribution in [0.3, 0.4) is 0 Å². The van der Waals surface area contributed by atoms with E-state index in [0.717, 1.165) is 15.9 Å². The molecule has 2 aromatic heterocycles. The number of amidine groups is 1. The van der Waals surface area contributed by atoms with Crippen LogP contribution in [-0.2, 0) is 9.57 Å². The number of rotatable bonds is 4. The molecule has 31 heavy (non-hydrogen) atoms. The highest BCUT2D eigenvalue weighted by Gasteiger charge is 2.27. The second-order valence-electron chi connectivity index (χ2n) is 7.51. The maximum Gasteiger partial charge on any atom is 0.419 e. The first kappa shape index (κ1) is 22.1. The Hall–Kier alpha value is -3.60. The molecule has 11 heteroatoms. The fourth-order valence-corrected chi connectivity index (χ4v) is 3.36. The predicted molar refractivity (Wildman–Crippen MR) is 112 cm³/mol. The van der Waals surface area contributed by atoms with Crippen molar-refractivity contribution in [2.75, 3.05) is 0 Å². The molecule has 2 heterocycles. The van der Waals surface area contributed by atoms with Crippen LogP contribution in [0.5, 0.6) is 0 Å². The summed E-state index contributed by atoms with van der Waals surface area (Å²) in [5, 5.41) is 4.83. The van der Waals surface area contributed by atoms with Crippen LogP contribution >= 0.6 is 11.3 Å². The molecule has 162 valence electrons. The summed E-state index contributed by atoms with van der Waals surface area (Å²) in [6, 6.07) is 4.11. The van der Waals surface area contributed by atoms with Crippen molar-refractivity contribution in [3.05, 3.63) is 51.9 Å². The lowest BCUT2D eigenvalue weighted by molar-refractivity contribution is 0.0507. The third-order valence-electron chi connectivity index (χ3n) is 3.79. The Kier molecular flexibility index (Phi) is 5.89. The quantitative estimate of drug-likeness (QED) is 0.213. The number of nitrogens with zero attached hydrogens (tertiary/aromatic N) is 3. The summed E-state index contributed by atoms with van der Waals surface area (Å²) in [5.74, 6) is -2.14. The van der Waals surface area contributed by atoms with E-state index in [4.69, 9.17) is 10.5 Å². The van der Waals surface area contributed by atoms with Crippen molar-refractivity contribution < 1.29 is 28.3 Å². The van der Waals surface area contributed by atoms with Gasteiger partial charge in [-0.3, -0.25) is 4.79 Å². The van der Waals surface area contributed by atoms with Gasteiger partial charge in [0.2, 0.25) is 5.78 Å². The normalized spacial score (nSPS) is 12.1. The van der Waals surface area contributed by atoms with E-state index in [1.54, 1.807) is 20.8 Å². The van der Waals surface area contributed by atoms with Crippen LogP contribution in [0, 0.1) is 5.82 Å². The van der Waals surface area contributed by atoms with Crippen molar-refractivity contribution in [2.24, 2.45) is 10.9 Å². The van der Waals surface area contributed by atoms with Crippen molar-refractivity contribution >= 4 is 45.9 Å². The molecule has 2 N–H and O–H groups in total. The molecule has 0 atom stereocenters. The Bertz CT molecular complexity index is 1220. The molecule has 0 bridgehead atoms. The topological polar surface area (TPSA) is 126 Å². The minimum atomic E-state index is -0.887. The van der Waals surface area contributed by atoms with Crippen LogP contribution in [0.1, 0.15) is 53.5 Å². The lowest BCUT2D eigenvalue weighted by atomic mass is 10.1. The van der Waals surface area contributed by atoms with E-state index in [0.29, 0.717) is 0 Å². The van der Waals surface area contributed by atoms with E-state index in [-0.39, 0.29) is 33.0 Å². The van der Waals surface area contributed by atoms with Crippen LogP contribution in [-0.4, -0.2) is 38.8 Å². The summed E-state index contributed by atoms with van der Waals surface area (Å²) in [6.07, 6.45) is 0.367. The smallest absolute Gasteiger partial charge is 0.419 e. The van der Waals surface area contributed by atoms with Crippen molar-refractivity contribution in [3.63, 3.8) is 0 Å². The van der Waals surface area contributed by atoms with Crippen molar-refractivity contribution in [1.29, 1.82) is 0 Å². The summed E-state index contributed by atoms with van der Waals surface area (Å²) >= 11 is 0.895. The van der Waals surface area contributed by atoms with Gasteiger partial charge in [-0.1, -0.05) is 17.3 Å². The lowest BCUT2D eigenvalue weighted by Crippen LogP contribution is -2.27. The Labute approximate surface area is 180 Å². The van der Waals surface area contributed by atoms with Gasteiger partial charge in [-0.05, 0) is 33.8 Å². The number of para-hydroxylation sites is 1. The third-order valence-corrected chi connectivity index (χ3v) is 4.63. The third kappa shape index (κ3) is 4.77. The molecule has 0 radical (unpaired) electrons. The molecule has 0 unspecified atom stereocenters. The van der Waals surface area contributed by atoms with Crippen LogP contribution < -0.4 is 5.73 Å². The van der Waals surface area contributed by atoms with Gasteiger partial charge in [0.25, 0.3) is 0 Å². The first-order chi connectivity index (χ1) is 14.5. The Morgan fingerprint density at radius 1 is 1.26 bits per heavy atom. The standard InChI is InChI=1S/C20H19FN4O5S/c1-10(22)24-30-18(27)14-9-31-17(23-14)16(26)12-8-25(19(28)29-20(2,3)4)15-11(12)6-5-7-13(15)21/h5-9H,1-4H3,(H2,22,24). The van der Waals surface area contributed by atoms with E-state index < -0.39 is 29.3 Å². The Morgan fingerprint density at radius 2 is 1.97 bits per heavy atom. The number of ether oxygens (including phenoxy) is 1. The van der Waals surface area contributed by atoms with Gasteiger partial charge in [0.05, 0.1) is 11.1 Å². The summed E-state index contributed by atoms with van der Waals surface area (Å²) in [5.41, 5.74) is 4.29. The van der Waals surface area contributed by atoms with E-state index in [9.17, 15) is 18.8 Å². The molecule has 3 aromatic rings. The number of nitrogens with two attached hydrogens (primary N) is 1. The largest absolute Gasteiger partial charge is 0.443 e. The minimum Gasteiger partial charge on any atom is -0.443 e. The molecule has 3 rings (SSSR count). The van der Waals surface area contributed by atoms with Crippen molar-refractivity contribution in [2.45, 2.75) is 33.3 Å². The number of halogens is 1. The Balaban J connectivity index is 2.01. The van der Waals surface area contributed by atoms with Gasteiger partial charge in [-0.15, -0.1) is 11.3 Å². The summed E-state index contributed by atoms with van der Waals surface area (Å²) in [4.78, 5) is 46.1. The van der Waals surface area contributed by atoms with Gasteiger partial charge in [-0.25, -0.2) is 23.5 Å². The molecular weight excluding hydrogens is 427 g/mol. The second kappa shape index (κ2) is 8.26. The summed E-state index contributed by atoms with van der Waals surface area (Å²) in [7, 11) is 0. The number of hydrogen-bond donors (Lipinski definition) is 1. The molecule has 0 spiro atoms. The number of aromatic nitrogens is 2. The minimum absolute atomic E-state index is 0.0328. The predicted octanol–water partition coefficient (Wildman–Crippen LogP) is 3.70. The Morgan fingerprint density at radius 3 is 2.61 bits per heavy atom. The number of thiazole rings is 1. The van der Waals surface area contributed by atoms with E-state index in [1.165, 1.54) is 36.7 Å². The van der Waals surface area contributed by atoms with Gasteiger partial charge < -0.3 is 15.3 Å². The maximum atomic E-state index is 14.5. The lowest BCUT2D eigenvalue weighted by Gasteiger charge is -2.19. The molecular formula is C20H19FN4O5S. The molecule has 1 aromatic carbocycles. The zero-order valence-electron chi connectivity index (χ0n) is 17.1. The average Bonchev–Trinajstić information content (AvgIpc) is 3.30. The number of oxime groups is 1. The van der Waals surface area contributed by atoms with E-state index >= 15 is 0 Å². The fraction of sp³-hybridized carbons (Fsp3) is 0.250. The molecule has 0 fully saturated rings. The average molecular weight is 446 g/mol. The van der Waals surface area contributed by atoms with Crippen molar-refractivity contribution in [1.82, 2.24) is 9.55 Å². The van der Waals surface area contributed by atoms with Gasteiger partial charge in [0, 0.05) is 17.0 Å². The zero-order valence-corrected chi connectivity index (χ0v) is 17.9. The number of hydrogen-bond acceptors (Lipinski definition) is 8. The highest BCUT2D eigenvalue weighted by atomic mass is 32.1. The number of ketones is 1. The summed E-state index contributed by atoms with van der Waals surface area (Å²) in [6.45, 7) is 6.45. The number of carbonyl (C=O) groups is 3. The number of carbonyl (C=O) groups excluding carboxylic acids is 3. The number of benzene rings is 1. The monoisotopic (exact) mass is 446 g/mol. The molecule has 0 aliphatic carbocycles. The first-order valence-electron chi connectivity index (χ1n) is 9.02. The fourth-order valence-electron chi connectivity index (χ4n) is 2.62. The van der Waals surface area contributed by atoms with Gasteiger partial charge in [0.1, 0.15) is 17.3 Å². The van der Waals surface area contributed by atoms with Crippen molar-refractivity contribution in [3.8, 4) is 0 Å². The summed E-state index contributed by atoms with van der Waals surface area (Å²) < 4.78 is 20.8. The second-order valence-corrected chi connectivity index (χ2v) is 8.37. The molecule has 0 amide bonds. The maximum absolute atomic E-state index is 14.5. The molecule has 0 saturated heterocycles. The SMILES string of the molecule is CC(N)=NOC(=O)c1csc(C(=O)c2cn(C(=O)OC(C)(C)C)c3c(F)cccc23)n1. The van der Waals surface area contributed by atoms with Crippen LogP contribution in [0.25, 0.3) is 10.9 Å². The first-order valence-corrected chi connectivity index (χ1v) is 9.90. The van der Waals surface area contributed by atoms with E-state index in [1.807, 2.05) is 0 Å². The van der Waals surface area contributed by atoms with Gasteiger partial charge in [0.15, 0.2) is 10.7 Å². The van der Waals surface area contributed by atoms with Crippen LogP contribution in [0.2, 0.25) is 0 Å².